The van der Waals surface area contributed by atoms with Gasteiger partial charge in [-0.3, -0.25) is 4.79 Å². The number of amides is 1. The third-order valence-electron chi connectivity index (χ3n) is 4.83. The van der Waals surface area contributed by atoms with Gasteiger partial charge in [0.25, 0.3) is 0 Å². The quantitative estimate of drug-likeness (QED) is 0.810. The van der Waals surface area contributed by atoms with E-state index in [0.29, 0.717) is 11.9 Å². The molecule has 3 aliphatic rings. The number of hydrogen-bond donors (Lipinski definition) is 2. The Morgan fingerprint density at radius 2 is 1.95 bits per heavy atom. The Morgan fingerprint density at radius 3 is 2.70 bits per heavy atom. The summed E-state index contributed by atoms with van der Waals surface area (Å²) in [5, 5.41) is 6.62. The molecule has 3 fully saturated rings. The van der Waals surface area contributed by atoms with Crippen LogP contribution in [0.2, 0.25) is 0 Å². The molecule has 0 bridgehead atoms. The van der Waals surface area contributed by atoms with Crippen molar-refractivity contribution >= 4 is 30.7 Å². The number of carbonyl (C=O) groups excluding carboxylic acids is 1. The van der Waals surface area contributed by atoms with Crippen LogP contribution in [0.4, 0.5) is 0 Å². The van der Waals surface area contributed by atoms with E-state index in [0.717, 1.165) is 38.4 Å². The van der Waals surface area contributed by atoms with Crippen LogP contribution in [-0.2, 0) is 4.79 Å². The largest absolute Gasteiger partial charge is 0.353 e. The van der Waals surface area contributed by atoms with Crippen molar-refractivity contribution in [3.05, 3.63) is 0 Å². The average Bonchev–Trinajstić information content (AvgIpc) is 2.87. The molecule has 6 heteroatoms. The van der Waals surface area contributed by atoms with E-state index in [4.69, 9.17) is 0 Å². The van der Waals surface area contributed by atoms with Crippen molar-refractivity contribution < 1.29 is 4.79 Å². The van der Waals surface area contributed by atoms with Gasteiger partial charge in [-0.15, -0.1) is 24.8 Å². The Hall–Kier alpha value is -0.0300. The van der Waals surface area contributed by atoms with E-state index >= 15 is 0 Å². The second-order valence-corrected chi connectivity index (χ2v) is 6.11. The molecule has 0 aromatic rings. The van der Waals surface area contributed by atoms with E-state index in [1.165, 1.54) is 32.4 Å². The molecule has 3 unspecified atom stereocenters. The van der Waals surface area contributed by atoms with Gasteiger partial charge in [-0.05, 0) is 51.6 Å². The molecule has 0 spiro atoms. The smallest absolute Gasteiger partial charge is 0.224 e. The molecule has 1 amide bonds. The molecule has 3 atom stereocenters. The van der Waals surface area contributed by atoms with Crippen LogP contribution in [0.3, 0.4) is 0 Å². The zero-order chi connectivity index (χ0) is 12.4. The summed E-state index contributed by atoms with van der Waals surface area (Å²) in [7, 11) is 0. The molecule has 3 rings (SSSR count). The molecule has 118 valence electrons. The molecule has 20 heavy (non-hydrogen) atoms. The Bertz CT molecular complexity index is 311. The topological polar surface area (TPSA) is 44.4 Å². The second-order valence-electron chi connectivity index (χ2n) is 6.11. The Morgan fingerprint density at radius 1 is 1.10 bits per heavy atom. The molecule has 0 saturated carbocycles. The van der Waals surface area contributed by atoms with E-state index in [1.54, 1.807) is 0 Å². The van der Waals surface area contributed by atoms with Crippen molar-refractivity contribution in [2.24, 2.45) is 5.92 Å². The summed E-state index contributed by atoms with van der Waals surface area (Å²) in [4.78, 5) is 14.8. The summed E-state index contributed by atoms with van der Waals surface area (Å²) < 4.78 is 0. The third kappa shape index (κ3) is 4.23. The fourth-order valence-corrected chi connectivity index (χ4v) is 3.75. The number of hydrogen-bond acceptors (Lipinski definition) is 3. The van der Waals surface area contributed by atoms with Gasteiger partial charge in [0.05, 0.1) is 5.92 Å². The lowest BCUT2D eigenvalue weighted by molar-refractivity contribution is -0.126. The number of fused-ring (bicyclic) bond motifs is 1. The molecule has 0 radical (unpaired) electrons. The summed E-state index contributed by atoms with van der Waals surface area (Å²) in [6.07, 6.45) is 7.18. The van der Waals surface area contributed by atoms with Crippen molar-refractivity contribution in [2.75, 3.05) is 26.2 Å². The number of carbonyl (C=O) groups is 1. The first-order valence-corrected chi connectivity index (χ1v) is 7.58. The van der Waals surface area contributed by atoms with Gasteiger partial charge in [-0.1, -0.05) is 0 Å². The van der Waals surface area contributed by atoms with Crippen LogP contribution in [-0.4, -0.2) is 49.1 Å². The molecular weight excluding hydrogens is 297 g/mol. The van der Waals surface area contributed by atoms with E-state index in [2.05, 4.69) is 15.5 Å². The Labute approximate surface area is 134 Å². The highest BCUT2D eigenvalue weighted by Gasteiger charge is 2.33. The van der Waals surface area contributed by atoms with Gasteiger partial charge < -0.3 is 15.5 Å². The van der Waals surface area contributed by atoms with Gasteiger partial charge in [0, 0.05) is 25.2 Å². The fourth-order valence-electron chi connectivity index (χ4n) is 3.75. The van der Waals surface area contributed by atoms with Crippen LogP contribution >= 0.6 is 24.8 Å². The van der Waals surface area contributed by atoms with Gasteiger partial charge in [0.1, 0.15) is 0 Å². The number of halogens is 2. The first kappa shape index (κ1) is 18.0. The fraction of sp³-hybridized carbons (Fsp3) is 0.929. The van der Waals surface area contributed by atoms with Crippen molar-refractivity contribution in [3.63, 3.8) is 0 Å². The van der Waals surface area contributed by atoms with Crippen molar-refractivity contribution in [1.29, 1.82) is 0 Å². The Balaban J connectivity index is 0.000001000. The molecule has 0 aliphatic carbocycles. The molecule has 2 N–H and O–H groups in total. The lowest BCUT2D eigenvalue weighted by Gasteiger charge is -2.36. The van der Waals surface area contributed by atoms with E-state index in [-0.39, 0.29) is 30.7 Å². The zero-order valence-corrected chi connectivity index (χ0v) is 13.6. The summed E-state index contributed by atoms with van der Waals surface area (Å²) in [6.45, 7) is 4.40. The summed E-state index contributed by atoms with van der Waals surface area (Å²) in [6, 6.07) is 1.17. The van der Waals surface area contributed by atoms with E-state index in [1.807, 2.05) is 0 Å². The predicted molar refractivity (Wildman–Crippen MR) is 85.8 cm³/mol. The molecule has 0 aromatic heterocycles. The lowest BCUT2D eigenvalue weighted by atomic mass is 9.95. The minimum atomic E-state index is 0. The maximum absolute atomic E-state index is 12.2. The number of nitrogens with one attached hydrogen (secondary N) is 2. The molecule has 3 heterocycles. The molecule has 3 saturated heterocycles. The highest BCUT2D eigenvalue weighted by atomic mass is 35.5. The van der Waals surface area contributed by atoms with Gasteiger partial charge in [0.15, 0.2) is 0 Å². The third-order valence-corrected chi connectivity index (χ3v) is 4.83. The van der Waals surface area contributed by atoms with Crippen LogP contribution in [0, 0.1) is 5.92 Å². The van der Waals surface area contributed by atoms with Crippen LogP contribution in [0.25, 0.3) is 0 Å². The van der Waals surface area contributed by atoms with Crippen molar-refractivity contribution in [3.8, 4) is 0 Å². The number of rotatable bonds is 2. The maximum atomic E-state index is 12.2. The van der Waals surface area contributed by atoms with Crippen LogP contribution in [0.15, 0.2) is 0 Å². The number of nitrogens with zero attached hydrogens (tertiary/aromatic N) is 1. The standard InChI is InChI=1S/C14H25N3O.2ClH/c18-14(11-3-1-6-15-10-11)16-12-5-8-17-7-2-4-13(17)9-12;;/h11-13,15H,1-10H2,(H,16,18);2*1H. The van der Waals surface area contributed by atoms with E-state index < -0.39 is 0 Å². The summed E-state index contributed by atoms with van der Waals surface area (Å²) in [5.74, 6) is 0.499. The first-order valence-electron chi connectivity index (χ1n) is 7.58. The zero-order valence-electron chi connectivity index (χ0n) is 12.0. The monoisotopic (exact) mass is 323 g/mol. The minimum absolute atomic E-state index is 0. The van der Waals surface area contributed by atoms with Crippen LogP contribution in [0.5, 0.6) is 0 Å². The van der Waals surface area contributed by atoms with Gasteiger partial charge in [0.2, 0.25) is 5.91 Å². The highest BCUT2D eigenvalue weighted by Crippen LogP contribution is 2.27. The van der Waals surface area contributed by atoms with Crippen LogP contribution < -0.4 is 10.6 Å². The summed E-state index contributed by atoms with van der Waals surface area (Å²) in [5.41, 5.74) is 0. The molecule has 4 nitrogen and oxygen atoms in total. The normalized spacial score (nSPS) is 33.5. The first-order chi connectivity index (χ1) is 8.83. The summed E-state index contributed by atoms with van der Waals surface area (Å²) >= 11 is 0. The van der Waals surface area contributed by atoms with Crippen LogP contribution in [0.1, 0.15) is 38.5 Å². The SMILES string of the molecule is Cl.Cl.O=C(NC1CCN2CCCC2C1)C1CCCNC1. The van der Waals surface area contributed by atoms with Gasteiger partial charge in [-0.2, -0.15) is 0 Å². The van der Waals surface area contributed by atoms with Gasteiger partial charge in [-0.25, -0.2) is 0 Å². The van der Waals surface area contributed by atoms with Crippen molar-refractivity contribution in [1.82, 2.24) is 15.5 Å². The highest BCUT2D eigenvalue weighted by molar-refractivity contribution is 5.85. The molecular formula is C14H27Cl2N3O. The second kappa shape index (κ2) is 8.42. The maximum Gasteiger partial charge on any atom is 0.224 e. The van der Waals surface area contributed by atoms with Gasteiger partial charge >= 0.3 is 0 Å². The van der Waals surface area contributed by atoms with E-state index in [9.17, 15) is 4.79 Å². The molecule has 0 aromatic carbocycles. The predicted octanol–water partition coefficient (Wildman–Crippen LogP) is 1.57. The Kier molecular flexibility index (Phi) is 7.59. The average molecular weight is 324 g/mol. The lowest BCUT2D eigenvalue weighted by Crippen LogP contribution is -2.50. The minimum Gasteiger partial charge on any atom is -0.353 e. The number of piperidine rings is 2. The molecule has 3 aliphatic heterocycles. The van der Waals surface area contributed by atoms with Crippen molar-refractivity contribution in [2.45, 2.75) is 50.6 Å².